The molecule has 4 rings (SSSR count). The van der Waals surface area contributed by atoms with Crippen LogP contribution in [0, 0.1) is 0 Å². The molecule has 21 heavy (non-hydrogen) atoms. The van der Waals surface area contributed by atoms with Crippen molar-refractivity contribution >= 4 is 11.2 Å². The zero-order valence-electron chi connectivity index (χ0n) is 11.3. The molecule has 0 N–H and O–H groups in total. The molecule has 0 saturated heterocycles. The molecular formula is C17H13N3O. The van der Waals surface area contributed by atoms with E-state index < -0.39 is 0 Å². The Bertz CT molecular complexity index is 864. The van der Waals surface area contributed by atoms with Gasteiger partial charge < -0.3 is 4.42 Å². The van der Waals surface area contributed by atoms with E-state index in [2.05, 4.69) is 17.1 Å². The highest BCUT2D eigenvalue weighted by atomic mass is 16.3. The molecule has 0 aliphatic heterocycles. The van der Waals surface area contributed by atoms with Crippen LogP contribution in [0.3, 0.4) is 0 Å². The van der Waals surface area contributed by atoms with Crippen molar-refractivity contribution in [2.45, 2.75) is 6.42 Å². The summed E-state index contributed by atoms with van der Waals surface area (Å²) in [6.45, 7) is 0. The summed E-state index contributed by atoms with van der Waals surface area (Å²) in [4.78, 5) is 9.14. The Morgan fingerprint density at radius 2 is 1.86 bits per heavy atom. The molecule has 1 aromatic carbocycles. The molecule has 0 bridgehead atoms. The van der Waals surface area contributed by atoms with E-state index in [1.54, 1.807) is 12.5 Å². The fraction of sp³-hybridized carbons (Fsp3) is 0.0588. The quantitative estimate of drug-likeness (QED) is 0.573. The fourth-order valence-electron chi connectivity index (χ4n) is 2.49. The van der Waals surface area contributed by atoms with Gasteiger partial charge in [0.15, 0.2) is 5.65 Å². The van der Waals surface area contributed by atoms with Gasteiger partial charge in [-0.2, -0.15) is 0 Å². The van der Waals surface area contributed by atoms with Crippen molar-refractivity contribution in [2.24, 2.45) is 0 Å². The second kappa shape index (κ2) is 4.90. The average Bonchev–Trinajstić information content (AvgIpc) is 3.14. The van der Waals surface area contributed by atoms with Crippen molar-refractivity contribution < 1.29 is 4.42 Å². The third kappa shape index (κ3) is 2.10. The van der Waals surface area contributed by atoms with Crippen LogP contribution in [0.15, 0.2) is 71.5 Å². The molecule has 4 heteroatoms. The number of rotatable bonds is 3. The van der Waals surface area contributed by atoms with Gasteiger partial charge >= 0.3 is 0 Å². The second-order valence-electron chi connectivity index (χ2n) is 4.82. The Morgan fingerprint density at radius 3 is 2.67 bits per heavy atom. The number of nitrogens with zero attached hydrogens (tertiary/aromatic N) is 3. The molecule has 0 aliphatic rings. The summed E-state index contributed by atoms with van der Waals surface area (Å²) in [6, 6.07) is 17.9. The maximum atomic E-state index is 5.55. The van der Waals surface area contributed by atoms with E-state index in [-0.39, 0.29) is 0 Å². The molecular weight excluding hydrogens is 262 g/mol. The predicted molar refractivity (Wildman–Crippen MR) is 80.4 cm³/mol. The molecule has 4 nitrogen and oxygen atoms in total. The average molecular weight is 275 g/mol. The second-order valence-corrected chi connectivity index (χ2v) is 4.82. The van der Waals surface area contributed by atoms with Crippen molar-refractivity contribution in [1.29, 1.82) is 0 Å². The van der Waals surface area contributed by atoms with Crippen molar-refractivity contribution in [3.63, 3.8) is 0 Å². The number of hydrogen-bond donors (Lipinski definition) is 0. The monoisotopic (exact) mass is 275 g/mol. The van der Waals surface area contributed by atoms with E-state index in [1.807, 2.05) is 47.0 Å². The standard InChI is InChI=1S/C17H13N3O/c1-2-6-13(7-3-1)12-15-19-14-8-4-10-18-17(14)20(15)16-9-5-11-21-16/h1-11H,12H2. The number of pyridine rings is 1. The minimum Gasteiger partial charge on any atom is -0.448 e. The Hall–Kier alpha value is -2.88. The van der Waals surface area contributed by atoms with Gasteiger partial charge in [-0.1, -0.05) is 30.3 Å². The van der Waals surface area contributed by atoms with E-state index in [0.29, 0.717) is 0 Å². The topological polar surface area (TPSA) is 43.9 Å². The summed E-state index contributed by atoms with van der Waals surface area (Å²) in [5.74, 6) is 1.66. The molecule has 102 valence electrons. The first-order chi connectivity index (χ1) is 10.4. The normalized spacial score (nSPS) is 11.0. The highest BCUT2D eigenvalue weighted by Crippen LogP contribution is 2.22. The lowest BCUT2D eigenvalue weighted by atomic mass is 10.1. The number of furan rings is 1. The Morgan fingerprint density at radius 1 is 0.952 bits per heavy atom. The molecule has 0 aliphatic carbocycles. The minimum absolute atomic E-state index is 0.734. The van der Waals surface area contributed by atoms with Gasteiger partial charge in [-0.25, -0.2) is 14.5 Å². The third-order valence-electron chi connectivity index (χ3n) is 3.42. The fourth-order valence-corrected chi connectivity index (χ4v) is 2.49. The smallest absolute Gasteiger partial charge is 0.206 e. The highest BCUT2D eigenvalue weighted by Gasteiger charge is 2.15. The van der Waals surface area contributed by atoms with Crippen LogP contribution in [-0.2, 0) is 6.42 Å². The molecule has 0 radical (unpaired) electrons. The molecule has 4 aromatic rings. The van der Waals surface area contributed by atoms with Gasteiger partial charge in [-0.05, 0) is 23.8 Å². The van der Waals surface area contributed by atoms with Crippen LogP contribution in [0.1, 0.15) is 11.4 Å². The van der Waals surface area contributed by atoms with Crippen LogP contribution in [0.4, 0.5) is 0 Å². The first kappa shape index (κ1) is 11.9. The lowest BCUT2D eigenvalue weighted by Crippen LogP contribution is -2.01. The number of aromatic nitrogens is 3. The first-order valence-electron chi connectivity index (χ1n) is 6.82. The molecule has 3 aromatic heterocycles. The molecule has 0 unspecified atom stereocenters. The number of hydrogen-bond acceptors (Lipinski definition) is 3. The van der Waals surface area contributed by atoms with Crippen molar-refractivity contribution in [2.75, 3.05) is 0 Å². The SMILES string of the molecule is c1ccc(Cc2nc3cccnc3n2-c2ccco2)cc1. The lowest BCUT2D eigenvalue weighted by Gasteiger charge is -2.05. The van der Waals surface area contributed by atoms with Gasteiger partial charge in [0.05, 0.1) is 6.26 Å². The van der Waals surface area contributed by atoms with Crippen molar-refractivity contribution in [1.82, 2.24) is 14.5 Å². The van der Waals surface area contributed by atoms with Gasteiger partial charge in [-0.15, -0.1) is 0 Å². The van der Waals surface area contributed by atoms with E-state index in [9.17, 15) is 0 Å². The van der Waals surface area contributed by atoms with Crippen LogP contribution in [0.5, 0.6) is 0 Å². The minimum atomic E-state index is 0.734. The van der Waals surface area contributed by atoms with Crippen molar-refractivity contribution in [3.8, 4) is 5.88 Å². The van der Waals surface area contributed by atoms with Crippen LogP contribution >= 0.6 is 0 Å². The summed E-state index contributed by atoms with van der Waals surface area (Å²) < 4.78 is 7.52. The number of imidazole rings is 1. The summed E-state index contributed by atoms with van der Waals surface area (Å²) in [7, 11) is 0. The molecule has 0 fully saturated rings. The van der Waals surface area contributed by atoms with E-state index in [0.717, 1.165) is 29.3 Å². The molecule has 0 amide bonds. The summed E-state index contributed by atoms with van der Waals surface area (Å²) in [5, 5.41) is 0. The molecule has 0 spiro atoms. The number of fused-ring (bicyclic) bond motifs is 1. The Balaban J connectivity index is 1.90. The summed E-state index contributed by atoms with van der Waals surface area (Å²) >= 11 is 0. The highest BCUT2D eigenvalue weighted by molar-refractivity contribution is 5.73. The van der Waals surface area contributed by atoms with Crippen molar-refractivity contribution in [3.05, 3.63) is 78.4 Å². The Labute approximate surface area is 121 Å². The van der Waals surface area contributed by atoms with Crippen LogP contribution in [-0.4, -0.2) is 14.5 Å². The maximum absolute atomic E-state index is 5.55. The zero-order chi connectivity index (χ0) is 14.1. The van der Waals surface area contributed by atoms with Gasteiger partial charge in [0.25, 0.3) is 0 Å². The third-order valence-corrected chi connectivity index (χ3v) is 3.42. The molecule has 0 saturated carbocycles. The van der Waals surface area contributed by atoms with Gasteiger partial charge in [-0.3, -0.25) is 0 Å². The lowest BCUT2D eigenvalue weighted by molar-refractivity contribution is 0.536. The maximum Gasteiger partial charge on any atom is 0.206 e. The Kier molecular flexibility index (Phi) is 2.78. The van der Waals surface area contributed by atoms with Crippen LogP contribution in [0.2, 0.25) is 0 Å². The molecule has 0 atom stereocenters. The summed E-state index contributed by atoms with van der Waals surface area (Å²) in [5.41, 5.74) is 2.90. The van der Waals surface area contributed by atoms with E-state index in [4.69, 9.17) is 9.40 Å². The summed E-state index contributed by atoms with van der Waals surface area (Å²) in [6.07, 6.45) is 4.17. The predicted octanol–water partition coefficient (Wildman–Crippen LogP) is 3.60. The van der Waals surface area contributed by atoms with Crippen LogP contribution < -0.4 is 0 Å². The van der Waals surface area contributed by atoms with Gasteiger partial charge in [0.2, 0.25) is 5.88 Å². The van der Waals surface area contributed by atoms with Crippen LogP contribution in [0.25, 0.3) is 17.0 Å². The largest absolute Gasteiger partial charge is 0.448 e. The molecule has 3 heterocycles. The first-order valence-corrected chi connectivity index (χ1v) is 6.82. The van der Waals surface area contributed by atoms with E-state index in [1.165, 1.54) is 5.56 Å². The zero-order valence-corrected chi connectivity index (χ0v) is 11.3. The van der Waals surface area contributed by atoms with E-state index >= 15 is 0 Å². The van der Waals surface area contributed by atoms with Gasteiger partial charge in [0.1, 0.15) is 11.3 Å². The van der Waals surface area contributed by atoms with Gasteiger partial charge in [0, 0.05) is 18.7 Å². The number of benzene rings is 1.